The minimum Gasteiger partial charge on any atom is -0.493 e. The van der Waals surface area contributed by atoms with E-state index in [0.717, 1.165) is 17.6 Å². The van der Waals surface area contributed by atoms with Crippen LogP contribution in [0.25, 0.3) is 11.0 Å². The normalized spacial score (nSPS) is 14.3. The van der Waals surface area contributed by atoms with E-state index < -0.39 is 5.63 Å². The van der Waals surface area contributed by atoms with Crippen LogP contribution in [0.4, 0.5) is 5.69 Å². The van der Waals surface area contributed by atoms with E-state index in [1.165, 1.54) is 23.9 Å². The number of piperazine rings is 1. The summed E-state index contributed by atoms with van der Waals surface area (Å²) in [5.41, 5.74) is 3.41. The molecule has 6 nitrogen and oxygen atoms in total. The van der Waals surface area contributed by atoms with Gasteiger partial charge in [-0.2, -0.15) is 0 Å². The number of aryl methyl sites for hydroxylation is 2. The van der Waals surface area contributed by atoms with E-state index in [9.17, 15) is 9.59 Å². The van der Waals surface area contributed by atoms with Crippen LogP contribution in [0, 0.1) is 13.8 Å². The highest BCUT2D eigenvalue weighted by atomic mass is 79.9. The van der Waals surface area contributed by atoms with Crippen LogP contribution in [0.15, 0.2) is 50.1 Å². The first-order valence-electron chi connectivity index (χ1n) is 9.81. The molecule has 2 heterocycles. The summed E-state index contributed by atoms with van der Waals surface area (Å²) in [6.07, 6.45) is 0. The molecule has 0 unspecified atom stereocenters. The number of amides is 1. The van der Waals surface area contributed by atoms with Gasteiger partial charge in [0.15, 0.2) is 11.3 Å². The Bertz CT molecular complexity index is 1160. The third-order valence-corrected chi connectivity index (χ3v) is 5.99. The molecule has 0 saturated carbocycles. The van der Waals surface area contributed by atoms with Crippen LogP contribution in [-0.4, -0.2) is 44.1 Å². The van der Waals surface area contributed by atoms with Gasteiger partial charge < -0.3 is 19.0 Å². The summed E-state index contributed by atoms with van der Waals surface area (Å²) in [4.78, 5) is 29.7. The molecule has 1 aliphatic heterocycles. The molecule has 156 valence electrons. The number of hydrogen-bond donors (Lipinski definition) is 0. The Kier molecular flexibility index (Phi) is 5.56. The van der Waals surface area contributed by atoms with Crippen LogP contribution in [0.1, 0.15) is 21.5 Å². The first kappa shape index (κ1) is 20.5. The molecule has 2 aromatic carbocycles. The number of fused-ring (bicyclic) bond motifs is 1. The summed E-state index contributed by atoms with van der Waals surface area (Å²) < 4.78 is 11.5. The van der Waals surface area contributed by atoms with Gasteiger partial charge in [0.1, 0.15) is 5.56 Å². The quantitative estimate of drug-likeness (QED) is 0.538. The average Bonchev–Trinajstić information content (AvgIpc) is 2.73. The number of benzene rings is 2. The maximum atomic E-state index is 13.1. The molecule has 0 spiro atoms. The summed E-state index contributed by atoms with van der Waals surface area (Å²) in [5, 5.41) is 0.637. The van der Waals surface area contributed by atoms with E-state index in [2.05, 4.69) is 52.9 Å². The molecular formula is C23H23BrN2O4. The van der Waals surface area contributed by atoms with Crippen LogP contribution in [0.2, 0.25) is 0 Å². The molecular weight excluding hydrogens is 448 g/mol. The lowest BCUT2D eigenvalue weighted by Crippen LogP contribution is -2.49. The van der Waals surface area contributed by atoms with Crippen molar-refractivity contribution < 1.29 is 13.9 Å². The predicted octanol–water partition coefficient (Wildman–Crippen LogP) is 4.14. The molecule has 1 fully saturated rings. The fourth-order valence-corrected chi connectivity index (χ4v) is 4.53. The third-order valence-electron chi connectivity index (χ3n) is 5.54. The summed E-state index contributed by atoms with van der Waals surface area (Å²) in [7, 11) is 1.51. The number of carbonyl (C=O) groups is 1. The zero-order valence-electron chi connectivity index (χ0n) is 17.2. The van der Waals surface area contributed by atoms with E-state index in [0.29, 0.717) is 29.8 Å². The minimum absolute atomic E-state index is 0.0446. The number of ether oxygens (including phenoxy) is 1. The van der Waals surface area contributed by atoms with Crippen molar-refractivity contribution in [2.45, 2.75) is 13.8 Å². The third kappa shape index (κ3) is 3.69. The first-order valence-corrected chi connectivity index (χ1v) is 10.6. The molecule has 1 aliphatic rings. The highest BCUT2D eigenvalue weighted by Gasteiger charge is 2.26. The van der Waals surface area contributed by atoms with E-state index in [4.69, 9.17) is 9.15 Å². The van der Waals surface area contributed by atoms with Crippen LogP contribution >= 0.6 is 15.9 Å². The summed E-state index contributed by atoms with van der Waals surface area (Å²) in [6.45, 7) is 6.74. The molecule has 30 heavy (non-hydrogen) atoms. The molecule has 1 amide bonds. The number of carbonyl (C=O) groups excluding carboxylic acids is 1. The fourth-order valence-electron chi connectivity index (χ4n) is 4.08. The second-order valence-corrected chi connectivity index (χ2v) is 8.41. The lowest BCUT2D eigenvalue weighted by molar-refractivity contribution is 0.0742. The van der Waals surface area contributed by atoms with E-state index >= 15 is 0 Å². The van der Waals surface area contributed by atoms with Crippen molar-refractivity contribution in [1.82, 2.24) is 4.90 Å². The number of halogens is 1. The van der Waals surface area contributed by atoms with Crippen molar-refractivity contribution in [3.05, 3.63) is 68.0 Å². The molecule has 4 rings (SSSR count). The van der Waals surface area contributed by atoms with Gasteiger partial charge in [0.2, 0.25) is 0 Å². The molecule has 0 aliphatic carbocycles. The number of rotatable bonds is 3. The molecule has 0 N–H and O–H groups in total. The van der Waals surface area contributed by atoms with Gasteiger partial charge in [0.25, 0.3) is 5.91 Å². The van der Waals surface area contributed by atoms with Gasteiger partial charge in [-0.15, -0.1) is 0 Å². The number of anilines is 1. The SMILES string of the molecule is COc1cc(Br)cc2cc(C(=O)N3CCN(c4c(C)cccc4C)CC3)c(=O)oc12. The van der Waals surface area contributed by atoms with Gasteiger partial charge in [0, 0.05) is 41.7 Å². The molecule has 0 atom stereocenters. The van der Waals surface area contributed by atoms with Crippen molar-refractivity contribution >= 4 is 38.5 Å². The van der Waals surface area contributed by atoms with Crippen molar-refractivity contribution in [2.75, 3.05) is 38.2 Å². The standard InChI is InChI=1S/C23H23BrN2O4/c1-14-5-4-6-15(2)20(14)25-7-9-26(10-8-25)22(27)18-12-16-11-17(24)13-19(29-3)21(16)30-23(18)28/h4-6,11-13H,7-10H2,1-3H3. The Labute approximate surface area is 183 Å². The Morgan fingerprint density at radius 3 is 2.37 bits per heavy atom. The largest absolute Gasteiger partial charge is 0.493 e. The molecule has 0 radical (unpaired) electrons. The molecule has 1 aromatic heterocycles. The maximum Gasteiger partial charge on any atom is 0.349 e. The molecule has 7 heteroatoms. The van der Waals surface area contributed by atoms with Crippen LogP contribution < -0.4 is 15.3 Å². The van der Waals surface area contributed by atoms with Crippen LogP contribution in [-0.2, 0) is 0 Å². The van der Waals surface area contributed by atoms with Gasteiger partial charge >= 0.3 is 5.63 Å². The van der Waals surface area contributed by atoms with E-state index in [1.54, 1.807) is 23.1 Å². The monoisotopic (exact) mass is 470 g/mol. The van der Waals surface area contributed by atoms with E-state index in [-0.39, 0.29) is 11.5 Å². The second kappa shape index (κ2) is 8.14. The van der Waals surface area contributed by atoms with Gasteiger partial charge in [-0.25, -0.2) is 4.79 Å². The zero-order chi connectivity index (χ0) is 21.4. The van der Waals surface area contributed by atoms with Gasteiger partial charge in [-0.3, -0.25) is 4.79 Å². The fraction of sp³-hybridized carbons (Fsp3) is 0.304. The molecule has 3 aromatic rings. The molecule has 0 bridgehead atoms. The Morgan fingerprint density at radius 2 is 1.73 bits per heavy atom. The van der Waals surface area contributed by atoms with Crippen molar-refractivity contribution in [2.24, 2.45) is 0 Å². The molecule has 1 saturated heterocycles. The first-order chi connectivity index (χ1) is 14.4. The number of nitrogens with zero attached hydrogens (tertiary/aromatic N) is 2. The maximum absolute atomic E-state index is 13.1. The summed E-state index contributed by atoms with van der Waals surface area (Å²) in [5.74, 6) is 0.142. The van der Waals surface area contributed by atoms with Gasteiger partial charge in [-0.05, 0) is 43.2 Å². The van der Waals surface area contributed by atoms with Gasteiger partial charge in [0.05, 0.1) is 7.11 Å². The van der Waals surface area contributed by atoms with Crippen LogP contribution in [0.5, 0.6) is 5.75 Å². The Hall–Kier alpha value is -2.80. The van der Waals surface area contributed by atoms with Crippen molar-refractivity contribution in [3.63, 3.8) is 0 Å². The number of hydrogen-bond acceptors (Lipinski definition) is 5. The Balaban J connectivity index is 1.58. The number of para-hydroxylation sites is 1. The highest BCUT2D eigenvalue weighted by Crippen LogP contribution is 2.30. The lowest BCUT2D eigenvalue weighted by Gasteiger charge is -2.37. The van der Waals surface area contributed by atoms with E-state index in [1.807, 2.05) is 0 Å². The zero-order valence-corrected chi connectivity index (χ0v) is 18.8. The predicted molar refractivity (Wildman–Crippen MR) is 121 cm³/mol. The topological polar surface area (TPSA) is 63.0 Å². The number of methoxy groups -OCH3 is 1. The minimum atomic E-state index is -0.648. The van der Waals surface area contributed by atoms with Crippen molar-refractivity contribution in [1.29, 1.82) is 0 Å². The van der Waals surface area contributed by atoms with Gasteiger partial charge in [-0.1, -0.05) is 34.1 Å². The summed E-state index contributed by atoms with van der Waals surface area (Å²) in [6, 6.07) is 11.4. The lowest BCUT2D eigenvalue weighted by atomic mass is 10.1. The average molecular weight is 471 g/mol. The van der Waals surface area contributed by atoms with Crippen molar-refractivity contribution in [3.8, 4) is 5.75 Å². The highest BCUT2D eigenvalue weighted by molar-refractivity contribution is 9.10. The van der Waals surface area contributed by atoms with Crippen LogP contribution in [0.3, 0.4) is 0 Å². The second-order valence-electron chi connectivity index (χ2n) is 7.49. The summed E-state index contributed by atoms with van der Waals surface area (Å²) >= 11 is 3.42. The Morgan fingerprint density at radius 1 is 1.07 bits per heavy atom. The smallest absolute Gasteiger partial charge is 0.349 e.